The second-order valence-corrected chi connectivity index (χ2v) is 1.47. The molecule has 0 saturated heterocycles. The Morgan fingerprint density at radius 2 is 2.29 bits per heavy atom. The molecule has 0 fully saturated rings. The highest BCUT2D eigenvalue weighted by Gasteiger charge is 1.63. The predicted molar refractivity (Wildman–Crippen MR) is 36.2 cm³/mol. The summed E-state index contributed by atoms with van der Waals surface area (Å²) in [7, 11) is 1.72. The van der Waals surface area contributed by atoms with Crippen molar-refractivity contribution in [1.29, 1.82) is 0 Å². The average Bonchev–Trinajstić information content (AvgIpc) is 1.69. The van der Waals surface area contributed by atoms with Crippen LogP contribution < -0.4 is 0 Å². The van der Waals surface area contributed by atoms with Gasteiger partial charge >= 0.3 is 0 Å². The minimum Gasteiger partial charge on any atom is -0.288 e. The van der Waals surface area contributed by atoms with Gasteiger partial charge in [0.05, 0.1) is 5.55 Å². The molecule has 0 N–H and O–H groups in total. The third-order valence-electron chi connectivity index (χ3n) is 0.319. The molecule has 0 saturated carbocycles. The van der Waals surface area contributed by atoms with Gasteiger partial charge in [-0.2, -0.15) is 0 Å². The molecule has 2 nitrogen and oxygen atoms in total. The molecule has 0 aliphatic rings. The first-order valence-corrected chi connectivity index (χ1v) is 2.80. The highest BCUT2D eigenvalue weighted by Crippen LogP contribution is 1.91. The minimum absolute atomic E-state index is 1.33. The van der Waals surface area contributed by atoms with Crippen LogP contribution in [0.5, 0.6) is 0 Å². The molecule has 0 unspecified atom stereocenters. The number of rotatable bonds is 2. The normalized spacial score (nSPS) is 11.7. The molecule has 0 spiro atoms. The first-order chi connectivity index (χ1) is 3.41. The Labute approximate surface area is 47.9 Å². The largest absolute Gasteiger partial charge is 0.288 e. The molecule has 3 heteroatoms. The molecule has 0 aromatic rings. The molecule has 0 rings (SSSR count). The fourth-order valence-corrected chi connectivity index (χ4v) is 0.406. The quantitative estimate of drug-likeness (QED) is 0.304. The Balaban J connectivity index is 2.98. The second kappa shape index (κ2) is 5.69. The Hall–Kier alpha value is -0.310. The smallest absolute Gasteiger partial charge is 0.0767 e. The van der Waals surface area contributed by atoms with E-state index in [4.69, 9.17) is 0 Å². The summed E-state index contributed by atoms with van der Waals surface area (Å²) in [5.41, 5.74) is 1.68. The summed E-state index contributed by atoms with van der Waals surface area (Å²) >= 11 is 1.33. The first kappa shape index (κ1) is 6.69. The van der Waals surface area contributed by atoms with Gasteiger partial charge in [0.25, 0.3) is 0 Å². The summed E-state index contributed by atoms with van der Waals surface area (Å²) in [6.45, 7) is 1.87. The zero-order valence-electron chi connectivity index (χ0n) is 4.46. The van der Waals surface area contributed by atoms with Crippen LogP contribution in [0.2, 0.25) is 0 Å². The van der Waals surface area contributed by atoms with E-state index < -0.39 is 0 Å². The fraction of sp³-hybridized carbons (Fsp3) is 0.500. The van der Waals surface area contributed by atoms with E-state index in [1.54, 1.807) is 18.8 Å². The Morgan fingerprint density at radius 3 is 2.71 bits per heavy atom. The van der Waals surface area contributed by atoms with Gasteiger partial charge in [-0.1, -0.05) is 0 Å². The summed E-state index contributed by atoms with van der Waals surface area (Å²) < 4.78 is 3.80. The lowest BCUT2D eigenvalue weighted by Gasteiger charge is -1.73. The van der Waals surface area contributed by atoms with Crippen LogP contribution in [0.4, 0.5) is 0 Å². The summed E-state index contributed by atoms with van der Waals surface area (Å²) in [5, 5.41) is 0. The molecule has 0 heterocycles. The van der Waals surface area contributed by atoms with E-state index in [-0.39, 0.29) is 0 Å². The van der Waals surface area contributed by atoms with Gasteiger partial charge in [-0.15, -0.1) is 0 Å². The van der Waals surface area contributed by atoms with Crippen molar-refractivity contribution in [1.82, 2.24) is 0 Å². The predicted octanol–water partition coefficient (Wildman–Crippen LogP) is 1.38. The molecule has 7 heavy (non-hydrogen) atoms. The van der Waals surface area contributed by atoms with Gasteiger partial charge in [0.15, 0.2) is 0 Å². The maximum atomic E-state index is 3.80. The van der Waals surface area contributed by atoms with Crippen molar-refractivity contribution in [3.8, 4) is 0 Å². The SMILES string of the molecule is C/C=N/SC=NC. The van der Waals surface area contributed by atoms with Gasteiger partial charge in [0, 0.05) is 25.2 Å². The van der Waals surface area contributed by atoms with Crippen LogP contribution in [0.15, 0.2) is 9.39 Å². The first-order valence-electron chi connectivity index (χ1n) is 1.96. The zero-order valence-corrected chi connectivity index (χ0v) is 5.27. The number of aliphatic imine (C=N–C) groups is 1. The highest BCUT2D eigenvalue weighted by atomic mass is 32.2. The van der Waals surface area contributed by atoms with Crippen LogP contribution in [0.25, 0.3) is 0 Å². The average molecular weight is 116 g/mol. The van der Waals surface area contributed by atoms with Crippen molar-refractivity contribution in [2.75, 3.05) is 7.05 Å². The molecule has 0 radical (unpaired) electrons. The van der Waals surface area contributed by atoms with E-state index in [9.17, 15) is 0 Å². The molecular weight excluding hydrogens is 108 g/mol. The van der Waals surface area contributed by atoms with Crippen molar-refractivity contribution in [3.63, 3.8) is 0 Å². The van der Waals surface area contributed by atoms with Crippen molar-refractivity contribution in [2.45, 2.75) is 6.92 Å². The minimum atomic E-state index is 1.33. The molecule has 0 aliphatic carbocycles. The van der Waals surface area contributed by atoms with E-state index in [0.29, 0.717) is 0 Å². The molecule has 40 valence electrons. The van der Waals surface area contributed by atoms with Crippen LogP contribution in [0, 0.1) is 0 Å². The Bertz CT molecular complexity index is 67.8. The second-order valence-electron chi connectivity index (χ2n) is 0.833. The van der Waals surface area contributed by atoms with E-state index >= 15 is 0 Å². The topological polar surface area (TPSA) is 24.7 Å². The lowest BCUT2D eigenvalue weighted by atomic mass is 10.9. The summed E-state index contributed by atoms with van der Waals surface area (Å²) in [6.07, 6.45) is 1.73. The van der Waals surface area contributed by atoms with Crippen LogP contribution in [0.1, 0.15) is 6.92 Å². The molecule has 0 bridgehead atoms. The molecule has 0 amide bonds. The van der Waals surface area contributed by atoms with Gasteiger partial charge in [0.2, 0.25) is 0 Å². The van der Waals surface area contributed by atoms with E-state index in [2.05, 4.69) is 9.39 Å². The summed E-state index contributed by atoms with van der Waals surface area (Å²) in [6, 6.07) is 0. The molecular formula is C4H8N2S. The Morgan fingerprint density at radius 1 is 1.57 bits per heavy atom. The highest BCUT2D eigenvalue weighted by molar-refractivity contribution is 8.11. The van der Waals surface area contributed by atoms with Gasteiger partial charge in [-0.05, 0) is 6.92 Å². The molecule has 0 aliphatic heterocycles. The third-order valence-corrected chi connectivity index (χ3v) is 0.956. The Kier molecular flexibility index (Phi) is 5.44. The number of hydrogen-bond donors (Lipinski definition) is 0. The van der Waals surface area contributed by atoms with Gasteiger partial charge in [0.1, 0.15) is 0 Å². The third kappa shape index (κ3) is 5.69. The lowest BCUT2D eigenvalue weighted by Crippen LogP contribution is -1.57. The van der Waals surface area contributed by atoms with Crippen LogP contribution in [0.3, 0.4) is 0 Å². The maximum absolute atomic E-state index is 3.80. The zero-order chi connectivity index (χ0) is 5.54. The number of hydrogen-bond acceptors (Lipinski definition) is 3. The molecule has 0 atom stereocenters. The summed E-state index contributed by atoms with van der Waals surface area (Å²) in [4.78, 5) is 3.70. The van der Waals surface area contributed by atoms with Gasteiger partial charge in [-0.25, -0.2) is 4.40 Å². The number of nitrogens with zero attached hydrogens (tertiary/aromatic N) is 2. The maximum Gasteiger partial charge on any atom is 0.0767 e. The molecule has 0 aromatic heterocycles. The molecule has 0 aromatic carbocycles. The monoisotopic (exact) mass is 116 g/mol. The van der Waals surface area contributed by atoms with E-state index in [1.807, 2.05) is 6.92 Å². The van der Waals surface area contributed by atoms with Gasteiger partial charge < -0.3 is 0 Å². The lowest BCUT2D eigenvalue weighted by molar-refractivity contribution is 1.49. The summed E-state index contributed by atoms with van der Waals surface area (Å²) in [5.74, 6) is 0. The van der Waals surface area contributed by atoms with Crippen molar-refractivity contribution in [2.24, 2.45) is 9.39 Å². The van der Waals surface area contributed by atoms with Crippen LogP contribution in [-0.2, 0) is 0 Å². The van der Waals surface area contributed by atoms with Crippen molar-refractivity contribution < 1.29 is 0 Å². The van der Waals surface area contributed by atoms with Crippen molar-refractivity contribution >= 4 is 23.7 Å². The van der Waals surface area contributed by atoms with E-state index in [0.717, 1.165) is 0 Å². The van der Waals surface area contributed by atoms with Crippen molar-refractivity contribution in [3.05, 3.63) is 0 Å². The van der Waals surface area contributed by atoms with Crippen LogP contribution in [-0.4, -0.2) is 18.8 Å². The van der Waals surface area contributed by atoms with Crippen LogP contribution >= 0.6 is 11.9 Å². The van der Waals surface area contributed by atoms with E-state index in [1.165, 1.54) is 11.9 Å². The fourth-order valence-electron chi connectivity index (χ4n) is 0.135. The standard InChI is InChI=1S/C4H8N2S/c1-3-6-7-4-5-2/h3-4H,1-2H3/b5-4?,6-3+. The van der Waals surface area contributed by atoms with Gasteiger partial charge in [-0.3, -0.25) is 4.99 Å².